The summed E-state index contributed by atoms with van der Waals surface area (Å²) in [4.78, 5) is 16.0. The third-order valence-electron chi connectivity index (χ3n) is 4.69. The Morgan fingerprint density at radius 2 is 1.89 bits per heavy atom. The van der Waals surface area contributed by atoms with Gasteiger partial charge in [0.1, 0.15) is 16.3 Å². The van der Waals surface area contributed by atoms with E-state index >= 15 is 0 Å². The fraction of sp³-hybridized carbons (Fsp3) is 0.421. The number of nitrogens with zero attached hydrogens (tertiary/aromatic N) is 1. The second kappa shape index (κ2) is 7.74. The average molecular weight is 391 g/mol. The maximum absolute atomic E-state index is 13.0. The van der Waals surface area contributed by atoms with Crippen molar-refractivity contribution in [2.24, 2.45) is 0 Å². The van der Waals surface area contributed by atoms with Crippen LogP contribution in [0, 0.1) is 13.8 Å². The van der Waals surface area contributed by atoms with Gasteiger partial charge < -0.3 is 15.0 Å². The number of H-pyrrole nitrogens is 1. The lowest BCUT2D eigenvalue weighted by Crippen LogP contribution is -2.28. The zero-order chi connectivity index (χ0) is 19.6. The molecule has 0 saturated carbocycles. The van der Waals surface area contributed by atoms with Gasteiger partial charge in [0, 0.05) is 18.8 Å². The van der Waals surface area contributed by atoms with E-state index in [0.29, 0.717) is 42.4 Å². The molecule has 0 unspecified atom stereocenters. The maximum atomic E-state index is 13.0. The summed E-state index contributed by atoms with van der Waals surface area (Å²) in [7, 11) is -3.60. The summed E-state index contributed by atoms with van der Waals surface area (Å²) < 4.78 is 32.9. The maximum Gasteiger partial charge on any atom is 0.272 e. The molecule has 0 aliphatic carbocycles. The van der Waals surface area contributed by atoms with E-state index in [9.17, 15) is 13.2 Å². The minimum Gasteiger partial charge on any atom is -0.492 e. The van der Waals surface area contributed by atoms with Crippen molar-refractivity contribution in [1.29, 1.82) is 0 Å². The number of carbonyl (C=O) groups excluding carboxylic acids is 1. The molecule has 0 bridgehead atoms. The van der Waals surface area contributed by atoms with Crippen molar-refractivity contribution in [2.75, 3.05) is 25.0 Å². The minimum atomic E-state index is -3.60. The summed E-state index contributed by atoms with van der Waals surface area (Å²) in [6, 6.07) is 7.14. The molecule has 146 valence electrons. The standard InChI is InChI=1S/C19H25N3O4S/c1-4-26-16-10-6-5-9-15(16)21-19(23)17-13(2)18(14(3)20-17)27(24,25)22-11-7-8-12-22/h5-6,9-10,20H,4,7-8,11-12H2,1-3H3,(H,21,23). The molecule has 2 aromatic rings. The molecular weight excluding hydrogens is 366 g/mol. The Bertz CT molecular complexity index is 944. The monoisotopic (exact) mass is 391 g/mol. The topological polar surface area (TPSA) is 91.5 Å². The molecule has 2 heterocycles. The van der Waals surface area contributed by atoms with E-state index in [-0.39, 0.29) is 10.6 Å². The highest BCUT2D eigenvalue weighted by Gasteiger charge is 2.33. The van der Waals surface area contributed by atoms with Gasteiger partial charge in [-0.3, -0.25) is 4.79 Å². The van der Waals surface area contributed by atoms with Crippen molar-refractivity contribution in [3.05, 3.63) is 41.2 Å². The van der Waals surface area contributed by atoms with Crippen molar-refractivity contribution in [2.45, 2.75) is 38.5 Å². The van der Waals surface area contributed by atoms with Gasteiger partial charge in [-0.25, -0.2) is 8.42 Å². The highest BCUT2D eigenvalue weighted by molar-refractivity contribution is 7.89. The van der Waals surface area contributed by atoms with Crippen LogP contribution >= 0.6 is 0 Å². The second-order valence-corrected chi connectivity index (χ2v) is 8.45. The number of sulfonamides is 1. The van der Waals surface area contributed by atoms with Crippen LogP contribution in [0.2, 0.25) is 0 Å². The van der Waals surface area contributed by atoms with Crippen LogP contribution in [0.25, 0.3) is 0 Å². The fourth-order valence-corrected chi connectivity index (χ4v) is 5.36. The summed E-state index contributed by atoms with van der Waals surface area (Å²) in [6.45, 7) is 6.74. The van der Waals surface area contributed by atoms with Gasteiger partial charge in [0.15, 0.2) is 0 Å². The van der Waals surface area contributed by atoms with Gasteiger partial charge >= 0.3 is 0 Å². The number of hydrogen-bond acceptors (Lipinski definition) is 4. The first-order chi connectivity index (χ1) is 12.9. The van der Waals surface area contributed by atoms with Gasteiger partial charge in [-0.05, 0) is 51.3 Å². The summed E-state index contributed by atoms with van der Waals surface area (Å²) in [5, 5.41) is 2.81. The number of aryl methyl sites for hydroxylation is 1. The Labute approximate surface area is 159 Å². The van der Waals surface area contributed by atoms with Crippen LogP contribution in [0.15, 0.2) is 29.2 Å². The van der Waals surface area contributed by atoms with Crippen molar-refractivity contribution in [1.82, 2.24) is 9.29 Å². The smallest absolute Gasteiger partial charge is 0.272 e. The normalized spacial score (nSPS) is 15.1. The molecule has 7 nitrogen and oxygen atoms in total. The lowest BCUT2D eigenvalue weighted by molar-refractivity contribution is 0.102. The largest absolute Gasteiger partial charge is 0.492 e. The molecule has 1 saturated heterocycles. The number of hydrogen-bond donors (Lipinski definition) is 2. The van der Waals surface area contributed by atoms with Crippen molar-refractivity contribution in [3.63, 3.8) is 0 Å². The zero-order valence-corrected chi connectivity index (χ0v) is 16.6. The minimum absolute atomic E-state index is 0.202. The number of carbonyl (C=O) groups is 1. The Balaban J connectivity index is 1.91. The highest BCUT2D eigenvalue weighted by atomic mass is 32.2. The molecule has 2 N–H and O–H groups in total. The SMILES string of the molecule is CCOc1ccccc1NC(=O)c1[nH]c(C)c(S(=O)(=O)N2CCCC2)c1C. The lowest BCUT2D eigenvalue weighted by Gasteiger charge is -2.16. The first kappa shape index (κ1) is 19.4. The zero-order valence-electron chi connectivity index (χ0n) is 15.8. The van der Waals surface area contributed by atoms with E-state index < -0.39 is 15.9 Å². The number of benzene rings is 1. The van der Waals surface area contributed by atoms with Gasteiger partial charge in [0.05, 0.1) is 12.3 Å². The van der Waals surface area contributed by atoms with E-state index in [0.717, 1.165) is 12.8 Å². The van der Waals surface area contributed by atoms with Crippen LogP contribution in [0.3, 0.4) is 0 Å². The molecule has 1 fully saturated rings. The van der Waals surface area contributed by atoms with E-state index in [2.05, 4.69) is 10.3 Å². The van der Waals surface area contributed by atoms with Crippen LogP contribution in [0.5, 0.6) is 5.75 Å². The first-order valence-corrected chi connectivity index (χ1v) is 10.5. The molecule has 1 aromatic carbocycles. The number of nitrogens with one attached hydrogen (secondary N) is 2. The molecule has 1 aromatic heterocycles. The Morgan fingerprint density at radius 1 is 1.22 bits per heavy atom. The van der Waals surface area contributed by atoms with Crippen LogP contribution in [0.4, 0.5) is 5.69 Å². The molecule has 1 amide bonds. The quantitative estimate of drug-likeness (QED) is 0.792. The first-order valence-electron chi connectivity index (χ1n) is 9.08. The average Bonchev–Trinajstić information content (AvgIpc) is 3.25. The molecular formula is C19H25N3O4S. The predicted molar refractivity (Wildman–Crippen MR) is 104 cm³/mol. The number of ether oxygens (including phenoxy) is 1. The number of rotatable bonds is 6. The van der Waals surface area contributed by atoms with E-state index in [4.69, 9.17) is 4.74 Å². The number of aromatic amines is 1. The molecule has 0 radical (unpaired) electrons. The molecule has 1 aliphatic heterocycles. The molecule has 0 atom stereocenters. The van der Waals surface area contributed by atoms with Crippen LogP contribution in [-0.4, -0.2) is 43.3 Å². The van der Waals surface area contributed by atoms with Crippen molar-refractivity contribution in [3.8, 4) is 5.75 Å². The van der Waals surface area contributed by atoms with Crippen molar-refractivity contribution >= 4 is 21.6 Å². The van der Waals surface area contributed by atoms with E-state index in [1.54, 1.807) is 32.0 Å². The third kappa shape index (κ3) is 3.72. The Morgan fingerprint density at radius 3 is 2.56 bits per heavy atom. The predicted octanol–water partition coefficient (Wildman–Crippen LogP) is 3.07. The summed E-state index contributed by atoms with van der Waals surface area (Å²) >= 11 is 0. The molecule has 0 spiro atoms. The molecule has 1 aliphatic rings. The van der Waals surface area contributed by atoms with E-state index in [1.807, 2.05) is 13.0 Å². The number of amides is 1. The highest BCUT2D eigenvalue weighted by Crippen LogP contribution is 2.30. The van der Waals surface area contributed by atoms with Crippen LogP contribution in [-0.2, 0) is 10.0 Å². The number of para-hydroxylation sites is 2. The summed E-state index contributed by atoms with van der Waals surface area (Å²) in [5.41, 5.74) is 1.70. The number of anilines is 1. The summed E-state index contributed by atoms with van der Waals surface area (Å²) in [5.74, 6) is 0.171. The lowest BCUT2D eigenvalue weighted by atomic mass is 10.2. The van der Waals surface area contributed by atoms with Gasteiger partial charge in [-0.15, -0.1) is 0 Å². The molecule has 3 rings (SSSR count). The summed E-state index contributed by atoms with van der Waals surface area (Å²) in [6.07, 6.45) is 1.73. The molecule has 8 heteroatoms. The van der Waals surface area contributed by atoms with Crippen molar-refractivity contribution < 1.29 is 17.9 Å². The third-order valence-corrected chi connectivity index (χ3v) is 6.87. The van der Waals surface area contributed by atoms with Crippen LogP contribution < -0.4 is 10.1 Å². The van der Waals surface area contributed by atoms with Gasteiger partial charge in [0.25, 0.3) is 5.91 Å². The van der Waals surface area contributed by atoms with Gasteiger partial charge in [-0.1, -0.05) is 12.1 Å². The van der Waals surface area contributed by atoms with Gasteiger partial charge in [0.2, 0.25) is 10.0 Å². The van der Waals surface area contributed by atoms with E-state index in [1.165, 1.54) is 4.31 Å². The van der Waals surface area contributed by atoms with Gasteiger partial charge in [-0.2, -0.15) is 4.31 Å². The fourth-order valence-electron chi connectivity index (χ4n) is 3.44. The Kier molecular flexibility index (Phi) is 5.57. The van der Waals surface area contributed by atoms with Crippen LogP contribution in [0.1, 0.15) is 41.5 Å². The second-order valence-electron chi connectivity index (χ2n) is 6.57. The molecule has 27 heavy (non-hydrogen) atoms. The number of aromatic nitrogens is 1. The Hall–Kier alpha value is -2.32.